The van der Waals surface area contributed by atoms with Crippen molar-refractivity contribution in [2.45, 2.75) is 38.8 Å². The van der Waals surface area contributed by atoms with Crippen LogP contribution in [0.2, 0.25) is 0 Å². The smallest absolute Gasteiger partial charge is 0.306 e. The number of carbonyl (C=O) groups is 1. The fourth-order valence-corrected chi connectivity index (χ4v) is 3.85. The minimum absolute atomic E-state index is 0.101. The summed E-state index contributed by atoms with van der Waals surface area (Å²) in [6, 6.07) is 9.52. The highest BCUT2D eigenvalue weighted by molar-refractivity contribution is 5.94. The molecule has 0 amide bonds. The van der Waals surface area contributed by atoms with Gasteiger partial charge in [0.1, 0.15) is 24.3 Å². The fraction of sp³-hybridized carbons (Fsp3) is 0.458. The van der Waals surface area contributed by atoms with Gasteiger partial charge < -0.3 is 36.3 Å². The Bertz CT molecular complexity index is 973. The molecule has 6 N–H and O–H groups in total. The number of aromatic nitrogens is 1. The molecule has 1 atom stereocenters. The zero-order valence-electron chi connectivity index (χ0n) is 19.1. The molecule has 1 aromatic heterocycles. The first kappa shape index (κ1) is 24.5. The van der Waals surface area contributed by atoms with Crippen LogP contribution < -0.4 is 20.7 Å². The lowest BCUT2D eigenvalue weighted by Crippen LogP contribution is -2.37. The normalized spacial score (nSPS) is 15.4. The molecule has 9 heteroatoms. The summed E-state index contributed by atoms with van der Waals surface area (Å²) in [7, 11) is 0. The second-order valence-corrected chi connectivity index (χ2v) is 8.56. The molecular weight excluding hydrogens is 422 g/mol. The van der Waals surface area contributed by atoms with E-state index in [1.165, 1.54) is 6.21 Å². The van der Waals surface area contributed by atoms with E-state index in [0.29, 0.717) is 48.8 Å². The highest BCUT2D eigenvalue weighted by Gasteiger charge is 2.27. The van der Waals surface area contributed by atoms with Crippen LogP contribution in [0.5, 0.6) is 5.75 Å². The zero-order chi connectivity index (χ0) is 24.0. The number of carboxylic acid groups (broad SMARTS) is 1. The second-order valence-electron chi connectivity index (χ2n) is 8.56. The molecule has 1 saturated heterocycles. The Balaban J connectivity index is 1.98. The van der Waals surface area contributed by atoms with E-state index >= 15 is 0 Å². The van der Waals surface area contributed by atoms with Crippen molar-refractivity contribution in [3.05, 3.63) is 35.9 Å². The average Bonchev–Trinajstić information content (AvgIpc) is 2.81. The zero-order valence-corrected chi connectivity index (χ0v) is 19.1. The molecule has 0 spiro atoms. The van der Waals surface area contributed by atoms with E-state index in [1.807, 2.05) is 44.2 Å². The van der Waals surface area contributed by atoms with Crippen LogP contribution in [0, 0.1) is 11.3 Å². The van der Waals surface area contributed by atoms with Crippen LogP contribution in [-0.4, -0.2) is 65.8 Å². The van der Waals surface area contributed by atoms with Crippen molar-refractivity contribution in [1.29, 1.82) is 5.41 Å². The second kappa shape index (κ2) is 11.1. The van der Waals surface area contributed by atoms with Gasteiger partial charge in [-0.2, -0.15) is 0 Å². The maximum absolute atomic E-state index is 11.4. The van der Waals surface area contributed by atoms with E-state index in [-0.39, 0.29) is 25.1 Å². The first-order valence-electron chi connectivity index (χ1n) is 11.2. The molecule has 1 fully saturated rings. The van der Waals surface area contributed by atoms with Gasteiger partial charge in [0, 0.05) is 37.5 Å². The molecule has 1 aromatic carbocycles. The molecule has 0 bridgehead atoms. The third-order valence-corrected chi connectivity index (χ3v) is 5.64. The van der Waals surface area contributed by atoms with E-state index in [1.54, 1.807) is 0 Å². The molecule has 0 radical (unpaired) electrons. The lowest BCUT2D eigenvalue weighted by Gasteiger charge is -2.33. The molecule has 178 valence electrons. The Morgan fingerprint density at radius 2 is 2.09 bits per heavy atom. The summed E-state index contributed by atoms with van der Waals surface area (Å²) in [4.78, 5) is 18.3. The predicted molar refractivity (Wildman–Crippen MR) is 129 cm³/mol. The molecule has 1 unspecified atom stereocenters. The molecule has 2 heterocycles. The summed E-state index contributed by atoms with van der Waals surface area (Å²) in [6.45, 7) is 5.45. The average molecular weight is 456 g/mol. The lowest BCUT2D eigenvalue weighted by molar-refractivity contribution is -0.142. The van der Waals surface area contributed by atoms with Gasteiger partial charge in [-0.25, -0.2) is 4.98 Å². The molecule has 0 aliphatic carbocycles. The number of nitrogens with two attached hydrogens (primary N) is 1. The van der Waals surface area contributed by atoms with Crippen LogP contribution in [-0.2, 0) is 4.79 Å². The minimum atomic E-state index is -0.754. The summed E-state index contributed by atoms with van der Waals surface area (Å²) in [5.41, 5.74) is 8.53. The van der Waals surface area contributed by atoms with Crippen LogP contribution in [0.3, 0.4) is 0 Å². The Kier molecular flexibility index (Phi) is 8.24. The summed E-state index contributed by atoms with van der Waals surface area (Å²) < 4.78 is 5.67. The number of nitrogens with one attached hydrogen (secondary N) is 2. The quantitative estimate of drug-likeness (QED) is 0.344. The van der Waals surface area contributed by atoms with Crippen molar-refractivity contribution in [3.63, 3.8) is 0 Å². The molecule has 1 aliphatic heterocycles. The van der Waals surface area contributed by atoms with Crippen molar-refractivity contribution in [3.8, 4) is 17.0 Å². The first-order valence-corrected chi connectivity index (χ1v) is 11.2. The fourth-order valence-electron chi connectivity index (χ4n) is 3.85. The van der Waals surface area contributed by atoms with Gasteiger partial charge in [-0.05, 0) is 44.9 Å². The van der Waals surface area contributed by atoms with Crippen LogP contribution >= 0.6 is 0 Å². The lowest BCUT2D eigenvalue weighted by atomic mass is 9.96. The number of pyridine rings is 1. The molecule has 3 rings (SSSR count). The van der Waals surface area contributed by atoms with Gasteiger partial charge in [0.25, 0.3) is 0 Å². The van der Waals surface area contributed by atoms with Crippen LogP contribution in [0.1, 0.15) is 32.3 Å². The number of benzene rings is 1. The molecule has 2 aromatic rings. The molecule has 0 saturated carbocycles. The highest BCUT2D eigenvalue weighted by Crippen LogP contribution is 2.34. The first-order chi connectivity index (χ1) is 15.8. The maximum Gasteiger partial charge on any atom is 0.306 e. The summed E-state index contributed by atoms with van der Waals surface area (Å²) in [6.07, 6.45) is 1.68. The van der Waals surface area contributed by atoms with Crippen molar-refractivity contribution in [1.82, 2.24) is 4.98 Å². The molecule has 9 nitrogen and oxygen atoms in total. The number of piperidine rings is 1. The number of ether oxygens (including phenoxy) is 1. The van der Waals surface area contributed by atoms with E-state index in [0.717, 1.165) is 11.3 Å². The summed E-state index contributed by atoms with van der Waals surface area (Å²) in [5.74, 6) is 0.117. The van der Waals surface area contributed by atoms with Crippen molar-refractivity contribution in [2.75, 3.05) is 36.5 Å². The molecule has 33 heavy (non-hydrogen) atoms. The van der Waals surface area contributed by atoms with Gasteiger partial charge in [0.2, 0.25) is 0 Å². The third-order valence-electron chi connectivity index (χ3n) is 5.64. The van der Waals surface area contributed by atoms with Crippen molar-refractivity contribution in [2.24, 2.45) is 11.7 Å². The number of nitrogens with zero attached hydrogens (tertiary/aromatic N) is 2. The SMILES string of the molecule is CC(C)Nc1nc(-c2cccc(OCC(O)CN)c2)cc(N2CCC(C(=O)O)CC2)c1C=N. The van der Waals surface area contributed by atoms with Gasteiger partial charge in [-0.3, -0.25) is 4.79 Å². The van der Waals surface area contributed by atoms with Gasteiger partial charge >= 0.3 is 5.97 Å². The van der Waals surface area contributed by atoms with Crippen LogP contribution in [0.4, 0.5) is 11.5 Å². The summed E-state index contributed by atoms with van der Waals surface area (Å²) in [5, 5.41) is 30.4. The number of hydrogen-bond acceptors (Lipinski definition) is 8. The number of anilines is 2. The number of rotatable bonds is 10. The van der Waals surface area contributed by atoms with Gasteiger partial charge in [0.05, 0.1) is 22.9 Å². The van der Waals surface area contributed by atoms with Gasteiger partial charge in [0.15, 0.2) is 0 Å². The highest BCUT2D eigenvalue weighted by atomic mass is 16.5. The number of aliphatic hydroxyl groups excluding tert-OH is 1. The predicted octanol–water partition coefficient (Wildman–Crippen LogP) is 2.57. The minimum Gasteiger partial charge on any atom is -0.491 e. The number of carboxylic acids is 1. The molecular formula is C24H33N5O4. The van der Waals surface area contributed by atoms with E-state index in [2.05, 4.69) is 10.2 Å². The third kappa shape index (κ3) is 6.21. The van der Waals surface area contributed by atoms with Crippen molar-refractivity contribution < 1.29 is 19.7 Å². The van der Waals surface area contributed by atoms with E-state index in [9.17, 15) is 15.0 Å². The van der Waals surface area contributed by atoms with Gasteiger partial charge in [-0.1, -0.05) is 12.1 Å². The topological polar surface area (TPSA) is 145 Å². The number of aliphatic hydroxyl groups is 1. The Morgan fingerprint density at radius 1 is 1.36 bits per heavy atom. The van der Waals surface area contributed by atoms with Gasteiger partial charge in [-0.15, -0.1) is 0 Å². The largest absolute Gasteiger partial charge is 0.491 e. The Labute approximate surface area is 194 Å². The van der Waals surface area contributed by atoms with Crippen LogP contribution in [0.25, 0.3) is 11.3 Å². The Hall–Kier alpha value is -3.17. The van der Waals surface area contributed by atoms with E-state index in [4.69, 9.17) is 20.9 Å². The monoisotopic (exact) mass is 455 g/mol. The summed E-state index contributed by atoms with van der Waals surface area (Å²) >= 11 is 0. The Morgan fingerprint density at radius 3 is 2.70 bits per heavy atom. The number of hydrogen-bond donors (Lipinski definition) is 5. The van der Waals surface area contributed by atoms with E-state index < -0.39 is 12.1 Å². The maximum atomic E-state index is 11.4. The number of aliphatic carboxylic acids is 1. The molecule has 1 aliphatic rings. The van der Waals surface area contributed by atoms with Crippen LogP contribution in [0.15, 0.2) is 30.3 Å². The van der Waals surface area contributed by atoms with Crippen molar-refractivity contribution >= 4 is 23.7 Å². The standard InChI is InChI=1S/C24H33N5O4/c1-15(2)27-23-20(13-26)22(29-8-6-16(7-9-29)24(31)32)11-21(28-23)17-4-3-5-19(10-17)33-14-18(30)12-25/h3-5,10-11,13,15-16,18,26,30H,6-9,12,14,25H2,1-2H3,(H,27,28)(H,31,32).